The lowest BCUT2D eigenvalue weighted by Gasteiger charge is -2.34. The van der Waals surface area contributed by atoms with Crippen LogP contribution in [0.4, 0.5) is 10.5 Å². The molecule has 1 fully saturated rings. The molecule has 1 N–H and O–H groups in total. The molecule has 8 heteroatoms. The summed E-state index contributed by atoms with van der Waals surface area (Å²) in [4.78, 5) is 20.5. The topological polar surface area (TPSA) is 66.9 Å². The molecule has 1 aromatic carbocycles. The van der Waals surface area contributed by atoms with Gasteiger partial charge in [-0.3, -0.25) is 4.90 Å². The fourth-order valence-corrected chi connectivity index (χ4v) is 2.99. The van der Waals surface area contributed by atoms with Crippen molar-refractivity contribution in [3.63, 3.8) is 0 Å². The number of benzene rings is 1. The van der Waals surface area contributed by atoms with E-state index in [2.05, 4.69) is 15.2 Å². The molecule has 2 amide bonds. The number of nitrogens with zero attached hydrogens (tertiary/aromatic N) is 3. The lowest BCUT2D eigenvalue weighted by Crippen LogP contribution is -2.50. The number of ether oxygens (including phenoxy) is 2. The highest BCUT2D eigenvalue weighted by atomic mass is 35.5. The van der Waals surface area contributed by atoms with Gasteiger partial charge in [0.2, 0.25) is 5.88 Å². The maximum absolute atomic E-state index is 12.4. The molecule has 2 aromatic rings. The van der Waals surface area contributed by atoms with Crippen LogP contribution in [-0.4, -0.2) is 67.3 Å². The molecule has 1 saturated heterocycles. The summed E-state index contributed by atoms with van der Waals surface area (Å²) in [5.74, 6) is 1.21. The van der Waals surface area contributed by atoms with E-state index < -0.39 is 0 Å². The third kappa shape index (κ3) is 5.48. The molecule has 1 aliphatic rings. The molecular formula is C19H23ClN4O3. The summed E-state index contributed by atoms with van der Waals surface area (Å²) in [6.45, 7) is 4.31. The van der Waals surface area contributed by atoms with Crippen molar-refractivity contribution in [3.8, 4) is 11.6 Å². The number of aromatic nitrogens is 1. The van der Waals surface area contributed by atoms with E-state index in [0.717, 1.165) is 19.6 Å². The van der Waals surface area contributed by atoms with Gasteiger partial charge in [-0.05, 0) is 18.2 Å². The largest absolute Gasteiger partial charge is 0.491 e. The summed E-state index contributed by atoms with van der Waals surface area (Å²) in [6.07, 6.45) is 1.58. The summed E-state index contributed by atoms with van der Waals surface area (Å²) in [6, 6.07) is 10.8. The Kier molecular flexibility index (Phi) is 6.73. The minimum absolute atomic E-state index is 0.117. The molecule has 0 atom stereocenters. The number of hydrogen-bond donors (Lipinski definition) is 1. The van der Waals surface area contributed by atoms with Crippen molar-refractivity contribution in [2.45, 2.75) is 0 Å². The molecule has 0 saturated carbocycles. The van der Waals surface area contributed by atoms with Gasteiger partial charge in [0.05, 0.1) is 24.0 Å². The van der Waals surface area contributed by atoms with E-state index in [-0.39, 0.29) is 6.03 Å². The highest BCUT2D eigenvalue weighted by Crippen LogP contribution is 2.23. The molecular weight excluding hydrogens is 368 g/mol. The number of carbonyl (C=O) groups is 1. The average molecular weight is 391 g/mol. The molecule has 1 aromatic heterocycles. The number of nitrogens with one attached hydrogen (secondary N) is 1. The fraction of sp³-hybridized carbons (Fsp3) is 0.368. The third-order valence-electron chi connectivity index (χ3n) is 4.36. The Bertz CT molecular complexity index is 749. The fourth-order valence-electron chi connectivity index (χ4n) is 2.80. The van der Waals surface area contributed by atoms with Crippen LogP contribution >= 0.6 is 11.6 Å². The number of amides is 2. The van der Waals surface area contributed by atoms with Crippen LogP contribution in [0, 0.1) is 0 Å². The van der Waals surface area contributed by atoms with Gasteiger partial charge >= 0.3 is 6.03 Å². The number of urea groups is 1. The van der Waals surface area contributed by atoms with E-state index in [4.69, 9.17) is 21.1 Å². The first-order valence-corrected chi connectivity index (χ1v) is 9.19. The number of halogens is 1. The quantitative estimate of drug-likeness (QED) is 0.821. The van der Waals surface area contributed by atoms with Crippen molar-refractivity contribution in [3.05, 3.63) is 47.6 Å². The van der Waals surface area contributed by atoms with E-state index >= 15 is 0 Å². The first-order chi connectivity index (χ1) is 13.2. The number of anilines is 1. The summed E-state index contributed by atoms with van der Waals surface area (Å²) < 4.78 is 10.7. The molecule has 0 unspecified atom stereocenters. The van der Waals surface area contributed by atoms with E-state index in [1.165, 1.54) is 0 Å². The number of hydrogen-bond acceptors (Lipinski definition) is 5. The molecule has 0 spiro atoms. The Balaban J connectivity index is 1.39. The van der Waals surface area contributed by atoms with Crippen molar-refractivity contribution in [2.24, 2.45) is 0 Å². The van der Waals surface area contributed by atoms with Crippen LogP contribution in [0.25, 0.3) is 0 Å². The predicted octanol–water partition coefficient (Wildman–Crippen LogP) is 2.97. The Morgan fingerprint density at radius 1 is 1.19 bits per heavy atom. The summed E-state index contributed by atoms with van der Waals surface area (Å²) in [7, 11) is 1.56. The van der Waals surface area contributed by atoms with Crippen molar-refractivity contribution in [1.82, 2.24) is 14.8 Å². The average Bonchev–Trinajstić information content (AvgIpc) is 2.70. The second-order valence-corrected chi connectivity index (χ2v) is 6.53. The number of pyridine rings is 1. The molecule has 27 heavy (non-hydrogen) atoms. The Labute approximate surface area is 163 Å². The van der Waals surface area contributed by atoms with Gasteiger partial charge in [-0.25, -0.2) is 9.78 Å². The Morgan fingerprint density at radius 3 is 2.63 bits per heavy atom. The van der Waals surface area contributed by atoms with Gasteiger partial charge in [0, 0.05) is 38.8 Å². The molecule has 3 rings (SSSR count). The van der Waals surface area contributed by atoms with Gasteiger partial charge in [-0.1, -0.05) is 23.7 Å². The van der Waals surface area contributed by atoms with E-state index in [1.807, 2.05) is 24.3 Å². The zero-order chi connectivity index (χ0) is 19.1. The molecule has 7 nitrogen and oxygen atoms in total. The molecule has 0 bridgehead atoms. The predicted molar refractivity (Wildman–Crippen MR) is 105 cm³/mol. The number of methoxy groups -OCH3 is 1. The van der Waals surface area contributed by atoms with Crippen molar-refractivity contribution in [1.29, 1.82) is 0 Å². The summed E-state index contributed by atoms with van der Waals surface area (Å²) in [5, 5.41) is 3.48. The number of piperazine rings is 1. The molecule has 1 aliphatic heterocycles. The molecule has 0 aliphatic carbocycles. The summed E-state index contributed by atoms with van der Waals surface area (Å²) >= 11 is 6.08. The number of carbonyl (C=O) groups excluding carboxylic acids is 1. The maximum Gasteiger partial charge on any atom is 0.321 e. The number of rotatable bonds is 6. The van der Waals surface area contributed by atoms with E-state index in [9.17, 15) is 4.79 Å². The van der Waals surface area contributed by atoms with Crippen LogP contribution < -0.4 is 14.8 Å². The van der Waals surface area contributed by atoms with Gasteiger partial charge in [0.25, 0.3) is 0 Å². The van der Waals surface area contributed by atoms with Crippen LogP contribution in [0.2, 0.25) is 5.02 Å². The minimum atomic E-state index is -0.117. The van der Waals surface area contributed by atoms with Gasteiger partial charge < -0.3 is 19.7 Å². The third-order valence-corrected chi connectivity index (χ3v) is 4.67. The highest BCUT2D eigenvalue weighted by Gasteiger charge is 2.21. The highest BCUT2D eigenvalue weighted by molar-refractivity contribution is 6.32. The SMILES string of the molecule is COc1ccc(NC(=O)N2CCN(CCOc3ccccc3Cl)CC2)cn1. The summed E-state index contributed by atoms with van der Waals surface area (Å²) in [5.41, 5.74) is 0.649. The Morgan fingerprint density at radius 2 is 1.96 bits per heavy atom. The molecule has 0 radical (unpaired) electrons. The smallest absolute Gasteiger partial charge is 0.321 e. The Hall–Kier alpha value is -2.51. The van der Waals surface area contributed by atoms with Crippen LogP contribution in [0.15, 0.2) is 42.6 Å². The first kappa shape index (κ1) is 19.3. The molecule has 2 heterocycles. The van der Waals surface area contributed by atoms with Crippen LogP contribution in [0.5, 0.6) is 11.6 Å². The molecule has 144 valence electrons. The van der Waals surface area contributed by atoms with Crippen LogP contribution in [0.1, 0.15) is 0 Å². The lowest BCUT2D eigenvalue weighted by atomic mass is 10.3. The normalized spacial score (nSPS) is 14.7. The van der Waals surface area contributed by atoms with Crippen molar-refractivity contribution < 1.29 is 14.3 Å². The number of para-hydroxylation sites is 1. The minimum Gasteiger partial charge on any atom is -0.491 e. The second-order valence-electron chi connectivity index (χ2n) is 6.13. The van der Waals surface area contributed by atoms with Gasteiger partial charge in [-0.2, -0.15) is 0 Å². The monoisotopic (exact) mass is 390 g/mol. The van der Waals surface area contributed by atoms with Crippen LogP contribution in [-0.2, 0) is 0 Å². The standard InChI is InChI=1S/C19H23ClN4O3/c1-26-18-7-6-15(14-21-18)22-19(25)24-10-8-23(9-11-24)12-13-27-17-5-3-2-4-16(17)20/h2-7,14H,8-13H2,1H3,(H,22,25). The van der Waals surface area contributed by atoms with Crippen molar-refractivity contribution in [2.75, 3.05) is 51.8 Å². The second kappa shape index (κ2) is 9.43. The van der Waals surface area contributed by atoms with Crippen molar-refractivity contribution >= 4 is 23.3 Å². The van der Waals surface area contributed by atoms with Crippen LogP contribution in [0.3, 0.4) is 0 Å². The first-order valence-electron chi connectivity index (χ1n) is 8.81. The zero-order valence-electron chi connectivity index (χ0n) is 15.2. The zero-order valence-corrected chi connectivity index (χ0v) is 16.0. The maximum atomic E-state index is 12.4. The van der Waals surface area contributed by atoms with E-state index in [0.29, 0.717) is 42.0 Å². The van der Waals surface area contributed by atoms with E-state index in [1.54, 1.807) is 30.3 Å². The van der Waals surface area contributed by atoms with Gasteiger partial charge in [0.1, 0.15) is 12.4 Å². The van der Waals surface area contributed by atoms with Gasteiger partial charge in [0.15, 0.2) is 0 Å². The van der Waals surface area contributed by atoms with Gasteiger partial charge in [-0.15, -0.1) is 0 Å². The lowest BCUT2D eigenvalue weighted by molar-refractivity contribution is 0.132.